The third-order valence-corrected chi connectivity index (χ3v) is 3.44. The number of aromatic carboxylic acids is 1. The second-order valence-corrected chi connectivity index (χ2v) is 5.18. The van der Waals surface area contributed by atoms with E-state index in [4.69, 9.17) is 11.6 Å². The average molecular weight is 314 g/mol. The molecule has 1 N–H and O–H groups in total. The van der Waals surface area contributed by atoms with Crippen LogP contribution in [0.3, 0.4) is 0 Å². The molecule has 5 nitrogen and oxygen atoms in total. The van der Waals surface area contributed by atoms with Gasteiger partial charge in [-0.2, -0.15) is 0 Å². The predicted octanol–water partition coefficient (Wildman–Crippen LogP) is 3.35. The van der Waals surface area contributed by atoms with Gasteiger partial charge in [0.25, 0.3) is 0 Å². The standard InChI is InChI=1S/C16H12ClN3O2/c17-13-8-4-5-11(9-13)10-20-15(12-6-2-1-3-7-12)14(16(21)22)18-19-20/h1-9H,10H2,(H,21,22). The van der Waals surface area contributed by atoms with Crippen molar-refractivity contribution >= 4 is 17.6 Å². The van der Waals surface area contributed by atoms with Gasteiger partial charge in [-0.05, 0) is 17.7 Å². The van der Waals surface area contributed by atoms with Crippen LogP contribution in [0, 0.1) is 0 Å². The Labute approximate surface area is 131 Å². The van der Waals surface area contributed by atoms with E-state index >= 15 is 0 Å². The molecule has 3 rings (SSSR count). The molecule has 1 heterocycles. The first-order valence-electron chi connectivity index (χ1n) is 6.62. The van der Waals surface area contributed by atoms with Crippen LogP contribution in [0.5, 0.6) is 0 Å². The lowest BCUT2D eigenvalue weighted by atomic mass is 10.1. The van der Waals surface area contributed by atoms with Gasteiger partial charge in [-0.25, -0.2) is 9.48 Å². The molecule has 2 aromatic carbocycles. The van der Waals surface area contributed by atoms with E-state index in [1.165, 1.54) is 0 Å². The van der Waals surface area contributed by atoms with Crippen molar-refractivity contribution in [2.45, 2.75) is 6.54 Å². The number of rotatable bonds is 4. The summed E-state index contributed by atoms with van der Waals surface area (Å²) < 4.78 is 1.57. The number of aromatic nitrogens is 3. The van der Waals surface area contributed by atoms with Crippen LogP contribution in [0.2, 0.25) is 5.02 Å². The van der Waals surface area contributed by atoms with Crippen LogP contribution < -0.4 is 0 Å². The normalized spacial score (nSPS) is 10.6. The number of benzene rings is 2. The highest BCUT2D eigenvalue weighted by Gasteiger charge is 2.20. The van der Waals surface area contributed by atoms with E-state index in [0.717, 1.165) is 11.1 Å². The Morgan fingerprint density at radius 3 is 2.59 bits per heavy atom. The van der Waals surface area contributed by atoms with E-state index in [2.05, 4.69) is 10.3 Å². The van der Waals surface area contributed by atoms with Gasteiger partial charge in [-0.1, -0.05) is 59.3 Å². The SMILES string of the molecule is O=C(O)c1nnn(Cc2cccc(Cl)c2)c1-c1ccccc1. The Morgan fingerprint density at radius 1 is 1.14 bits per heavy atom. The first-order valence-corrected chi connectivity index (χ1v) is 6.99. The summed E-state index contributed by atoms with van der Waals surface area (Å²) in [6.07, 6.45) is 0. The maximum atomic E-state index is 11.4. The summed E-state index contributed by atoms with van der Waals surface area (Å²) in [7, 11) is 0. The topological polar surface area (TPSA) is 68.0 Å². The molecule has 0 fully saturated rings. The van der Waals surface area contributed by atoms with Crippen LogP contribution >= 0.6 is 11.6 Å². The van der Waals surface area contributed by atoms with E-state index in [1.54, 1.807) is 10.7 Å². The smallest absolute Gasteiger partial charge is 0.358 e. The summed E-state index contributed by atoms with van der Waals surface area (Å²) in [6.45, 7) is 0.394. The van der Waals surface area contributed by atoms with E-state index in [9.17, 15) is 9.90 Å². The molecule has 0 saturated carbocycles. The molecule has 0 aliphatic rings. The second kappa shape index (κ2) is 5.99. The lowest BCUT2D eigenvalue weighted by Gasteiger charge is -2.07. The predicted molar refractivity (Wildman–Crippen MR) is 83.0 cm³/mol. The molecule has 0 aliphatic carbocycles. The number of halogens is 1. The Morgan fingerprint density at radius 2 is 1.91 bits per heavy atom. The van der Waals surface area contributed by atoms with Gasteiger partial charge in [-0.15, -0.1) is 5.10 Å². The van der Waals surface area contributed by atoms with Gasteiger partial charge in [0.1, 0.15) is 5.69 Å². The zero-order chi connectivity index (χ0) is 15.5. The van der Waals surface area contributed by atoms with E-state index in [0.29, 0.717) is 17.3 Å². The van der Waals surface area contributed by atoms with Crippen LogP contribution in [-0.4, -0.2) is 26.1 Å². The summed E-state index contributed by atoms with van der Waals surface area (Å²) in [4.78, 5) is 11.4. The molecule has 6 heteroatoms. The van der Waals surface area contributed by atoms with Crippen LogP contribution in [0.4, 0.5) is 0 Å². The van der Waals surface area contributed by atoms with Gasteiger partial charge in [0.15, 0.2) is 5.69 Å². The van der Waals surface area contributed by atoms with Crippen molar-refractivity contribution < 1.29 is 9.90 Å². The highest BCUT2D eigenvalue weighted by Crippen LogP contribution is 2.23. The molecule has 3 aromatic rings. The molecule has 0 aliphatic heterocycles. The molecule has 1 aromatic heterocycles. The van der Waals surface area contributed by atoms with Crippen molar-refractivity contribution in [1.29, 1.82) is 0 Å². The Hall–Kier alpha value is -2.66. The lowest BCUT2D eigenvalue weighted by Crippen LogP contribution is -2.06. The molecule has 0 amide bonds. The van der Waals surface area contributed by atoms with Gasteiger partial charge >= 0.3 is 5.97 Å². The molecule has 0 spiro atoms. The zero-order valence-electron chi connectivity index (χ0n) is 11.5. The van der Waals surface area contributed by atoms with Crippen molar-refractivity contribution in [3.63, 3.8) is 0 Å². The van der Waals surface area contributed by atoms with Crippen molar-refractivity contribution in [1.82, 2.24) is 15.0 Å². The monoisotopic (exact) mass is 313 g/mol. The summed E-state index contributed by atoms with van der Waals surface area (Å²) in [5, 5.41) is 17.7. The first-order chi connectivity index (χ1) is 10.6. The molecule has 0 saturated heterocycles. The van der Waals surface area contributed by atoms with Crippen molar-refractivity contribution in [3.8, 4) is 11.3 Å². The fourth-order valence-electron chi connectivity index (χ4n) is 2.26. The molecule has 22 heavy (non-hydrogen) atoms. The maximum Gasteiger partial charge on any atom is 0.358 e. The number of carboxylic acids is 1. The van der Waals surface area contributed by atoms with E-state index in [-0.39, 0.29) is 5.69 Å². The number of hydrogen-bond donors (Lipinski definition) is 1. The van der Waals surface area contributed by atoms with Crippen LogP contribution in [0.15, 0.2) is 54.6 Å². The Kier molecular flexibility index (Phi) is 3.89. The average Bonchev–Trinajstić information content (AvgIpc) is 2.92. The third kappa shape index (κ3) is 2.84. The first kappa shape index (κ1) is 14.3. The van der Waals surface area contributed by atoms with Gasteiger partial charge < -0.3 is 5.11 Å². The summed E-state index contributed by atoms with van der Waals surface area (Å²) in [5.41, 5.74) is 2.10. The Balaban J connectivity index is 2.07. The minimum absolute atomic E-state index is 0.0618. The maximum absolute atomic E-state index is 11.4. The molecule has 0 radical (unpaired) electrons. The van der Waals surface area contributed by atoms with E-state index < -0.39 is 5.97 Å². The van der Waals surface area contributed by atoms with Crippen LogP contribution in [0.25, 0.3) is 11.3 Å². The molecular formula is C16H12ClN3O2. The third-order valence-electron chi connectivity index (χ3n) is 3.21. The molecule has 0 bridgehead atoms. The fourth-order valence-corrected chi connectivity index (χ4v) is 2.47. The van der Waals surface area contributed by atoms with Gasteiger partial charge in [0.2, 0.25) is 0 Å². The van der Waals surface area contributed by atoms with Crippen LogP contribution in [-0.2, 0) is 6.54 Å². The number of hydrogen-bond acceptors (Lipinski definition) is 3. The summed E-state index contributed by atoms with van der Waals surface area (Å²) in [6, 6.07) is 16.6. The van der Waals surface area contributed by atoms with Gasteiger partial charge in [0.05, 0.1) is 6.54 Å². The zero-order valence-corrected chi connectivity index (χ0v) is 12.2. The Bertz CT molecular complexity index is 815. The molecule has 0 atom stereocenters. The number of carbonyl (C=O) groups is 1. The molecular weight excluding hydrogens is 302 g/mol. The largest absolute Gasteiger partial charge is 0.476 e. The van der Waals surface area contributed by atoms with Crippen molar-refractivity contribution in [2.24, 2.45) is 0 Å². The fraction of sp³-hybridized carbons (Fsp3) is 0.0625. The molecule has 0 unspecified atom stereocenters. The lowest BCUT2D eigenvalue weighted by molar-refractivity contribution is 0.0691. The van der Waals surface area contributed by atoms with Crippen LogP contribution in [0.1, 0.15) is 16.1 Å². The van der Waals surface area contributed by atoms with Crippen molar-refractivity contribution in [3.05, 3.63) is 70.9 Å². The molecule has 110 valence electrons. The van der Waals surface area contributed by atoms with E-state index in [1.807, 2.05) is 48.5 Å². The van der Waals surface area contributed by atoms with Gasteiger partial charge in [-0.3, -0.25) is 0 Å². The van der Waals surface area contributed by atoms with Gasteiger partial charge in [0, 0.05) is 10.6 Å². The highest BCUT2D eigenvalue weighted by atomic mass is 35.5. The number of carboxylic acid groups (broad SMARTS) is 1. The second-order valence-electron chi connectivity index (χ2n) is 4.75. The minimum Gasteiger partial charge on any atom is -0.476 e. The minimum atomic E-state index is -1.10. The number of nitrogens with zero attached hydrogens (tertiary/aromatic N) is 3. The highest BCUT2D eigenvalue weighted by molar-refractivity contribution is 6.30. The summed E-state index contributed by atoms with van der Waals surface area (Å²) in [5.74, 6) is -1.10. The van der Waals surface area contributed by atoms with Crippen molar-refractivity contribution in [2.75, 3.05) is 0 Å². The quantitative estimate of drug-likeness (QED) is 0.802. The summed E-state index contributed by atoms with van der Waals surface area (Å²) >= 11 is 5.98.